The van der Waals surface area contributed by atoms with Gasteiger partial charge in [0.05, 0.1) is 6.61 Å². The first-order chi connectivity index (χ1) is 18.1. The first-order valence-corrected chi connectivity index (χ1v) is 12.9. The summed E-state index contributed by atoms with van der Waals surface area (Å²) in [6.45, 7) is 17.5. The van der Waals surface area contributed by atoms with Gasteiger partial charge in [0, 0.05) is 6.54 Å². The molecule has 0 fully saturated rings. The van der Waals surface area contributed by atoms with E-state index in [4.69, 9.17) is 28.4 Å². The number of hydrogen-bond acceptors (Lipinski definition) is 11. The fraction of sp³-hybridized carbons (Fsp3) is 0.643. The lowest BCUT2D eigenvalue weighted by Gasteiger charge is -2.22. The third-order valence-electron chi connectivity index (χ3n) is 4.48. The van der Waals surface area contributed by atoms with Crippen LogP contribution in [0.25, 0.3) is 0 Å². The lowest BCUT2D eigenvalue weighted by molar-refractivity contribution is -0.139. The van der Waals surface area contributed by atoms with Crippen molar-refractivity contribution in [2.45, 2.75) is 99.0 Å². The molecule has 0 aliphatic heterocycles. The number of carbonyl (C=O) groups excluding carboxylic acids is 3. The van der Waals surface area contributed by atoms with Crippen molar-refractivity contribution < 1.29 is 52.7 Å². The molecule has 0 saturated heterocycles. The van der Waals surface area contributed by atoms with Gasteiger partial charge in [-0.15, -0.1) is 0 Å². The molecule has 1 aromatic carbocycles. The second-order valence-electron chi connectivity index (χ2n) is 12.4. The molecule has 0 bridgehead atoms. The molecule has 0 aromatic heterocycles. The highest BCUT2D eigenvalue weighted by Crippen LogP contribution is 2.31. The number of hydrogen-bond donors (Lipinski definition) is 2. The van der Waals surface area contributed by atoms with Crippen molar-refractivity contribution in [3.63, 3.8) is 0 Å². The summed E-state index contributed by atoms with van der Waals surface area (Å²) in [5, 5.41) is 12.6. The zero-order valence-corrected chi connectivity index (χ0v) is 25.0. The molecule has 0 amide bonds. The van der Waals surface area contributed by atoms with Crippen LogP contribution in [0, 0.1) is 5.41 Å². The van der Waals surface area contributed by atoms with E-state index in [1.54, 1.807) is 48.5 Å². The number of rotatable bonds is 10. The molecule has 0 saturated carbocycles. The van der Waals surface area contributed by atoms with E-state index in [1.807, 2.05) is 20.8 Å². The lowest BCUT2D eigenvalue weighted by Crippen LogP contribution is -2.42. The predicted molar refractivity (Wildman–Crippen MR) is 145 cm³/mol. The van der Waals surface area contributed by atoms with Crippen LogP contribution in [0.2, 0.25) is 0 Å². The van der Waals surface area contributed by atoms with Gasteiger partial charge in [-0.2, -0.15) is 0 Å². The van der Waals surface area contributed by atoms with Crippen molar-refractivity contribution in [1.29, 1.82) is 0 Å². The molecule has 0 aliphatic rings. The molecule has 2 atom stereocenters. The normalized spacial score (nSPS) is 13.4. The van der Waals surface area contributed by atoms with Gasteiger partial charge in [0.15, 0.2) is 11.5 Å². The van der Waals surface area contributed by atoms with Crippen LogP contribution in [0.4, 0.5) is 14.4 Å². The quantitative estimate of drug-likeness (QED) is 0.208. The fourth-order valence-corrected chi connectivity index (χ4v) is 2.87. The molecule has 0 aliphatic carbocycles. The van der Waals surface area contributed by atoms with Gasteiger partial charge in [0.1, 0.15) is 23.3 Å². The smallest absolute Gasteiger partial charge is 0.480 e. The summed E-state index contributed by atoms with van der Waals surface area (Å²) in [6, 6.07) is 3.15. The minimum Gasteiger partial charge on any atom is -0.480 e. The number of ether oxygens (including phenoxy) is 6. The summed E-state index contributed by atoms with van der Waals surface area (Å²) in [4.78, 5) is 48.4. The highest BCUT2D eigenvalue weighted by molar-refractivity contribution is 5.74. The SMILES string of the molecule is CC(CN[C@@H](Cc1ccc(OC(=O)OC(C)(C)C)c(OC(=O)OC(C)(C)C)c1)C(=O)O)OC(=O)OCC(C)(C)C. The second kappa shape index (κ2) is 14.2. The maximum atomic E-state index is 12.3. The second-order valence-corrected chi connectivity index (χ2v) is 12.4. The summed E-state index contributed by atoms with van der Waals surface area (Å²) in [6.07, 6.45) is -3.63. The Bertz CT molecular complexity index is 1030. The van der Waals surface area contributed by atoms with E-state index < -0.39 is 47.8 Å². The molecule has 40 heavy (non-hydrogen) atoms. The van der Waals surface area contributed by atoms with E-state index in [0.717, 1.165) is 0 Å². The molecule has 1 rings (SSSR count). The van der Waals surface area contributed by atoms with Crippen molar-refractivity contribution >= 4 is 24.4 Å². The van der Waals surface area contributed by atoms with Crippen LogP contribution in [0.15, 0.2) is 18.2 Å². The van der Waals surface area contributed by atoms with Gasteiger partial charge in [-0.3, -0.25) is 4.79 Å². The average molecular weight is 570 g/mol. The van der Waals surface area contributed by atoms with Crippen LogP contribution in [-0.2, 0) is 30.2 Å². The Hall–Kier alpha value is -3.54. The molecular weight excluding hydrogens is 526 g/mol. The van der Waals surface area contributed by atoms with Crippen molar-refractivity contribution in [3.8, 4) is 11.5 Å². The van der Waals surface area contributed by atoms with Crippen LogP contribution < -0.4 is 14.8 Å². The summed E-state index contributed by atoms with van der Waals surface area (Å²) < 4.78 is 31.1. The van der Waals surface area contributed by atoms with E-state index in [0.29, 0.717) is 5.56 Å². The maximum Gasteiger partial charge on any atom is 0.514 e. The van der Waals surface area contributed by atoms with E-state index in [-0.39, 0.29) is 36.5 Å². The van der Waals surface area contributed by atoms with E-state index in [2.05, 4.69) is 5.32 Å². The highest BCUT2D eigenvalue weighted by atomic mass is 16.8. The largest absolute Gasteiger partial charge is 0.514 e. The van der Waals surface area contributed by atoms with E-state index >= 15 is 0 Å². The van der Waals surface area contributed by atoms with E-state index in [9.17, 15) is 24.3 Å². The molecule has 2 N–H and O–H groups in total. The zero-order chi connectivity index (χ0) is 30.9. The van der Waals surface area contributed by atoms with Crippen LogP contribution >= 0.6 is 0 Å². The predicted octanol–water partition coefficient (Wildman–Crippen LogP) is 5.49. The van der Waals surface area contributed by atoms with Crippen molar-refractivity contribution in [2.75, 3.05) is 13.2 Å². The third kappa shape index (κ3) is 15.2. The van der Waals surface area contributed by atoms with Crippen molar-refractivity contribution in [3.05, 3.63) is 23.8 Å². The number of carboxylic acid groups (broad SMARTS) is 1. The molecule has 0 heterocycles. The van der Waals surface area contributed by atoms with Crippen molar-refractivity contribution in [2.24, 2.45) is 5.41 Å². The minimum absolute atomic E-state index is 0.0304. The topological polar surface area (TPSA) is 156 Å². The van der Waals surface area contributed by atoms with E-state index in [1.165, 1.54) is 18.2 Å². The van der Waals surface area contributed by atoms with Gasteiger partial charge in [-0.25, -0.2) is 14.4 Å². The average Bonchev–Trinajstić information content (AvgIpc) is 2.73. The molecule has 1 aromatic rings. The molecule has 12 heteroatoms. The van der Waals surface area contributed by atoms with Crippen molar-refractivity contribution in [1.82, 2.24) is 5.32 Å². The third-order valence-corrected chi connectivity index (χ3v) is 4.48. The number of nitrogens with one attached hydrogen (secondary N) is 1. The lowest BCUT2D eigenvalue weighted by atomic mass is 9.99. The van der Waals surface area contributed by atoms with Gasteiger partial charge in [-0.05, 0) is 78.0 Å². The Morgan fingerprint density at radius 1 is 0.825 bits per heavy atom. The molecule has 0 spiro atoms. The van der Waals surface area contributed by atoms with Gasteiger partial charge in [-0.1, -0.05) is 26.8 Å². The summed E-state index contributed by atoms with van der Waals surface area (Å²) in [5.74, 6) is -1.45. The van der Waals surface area contributed by atoms with Gasteiger partial charge in [0.25, 0.3) is 0 Å². The van der Waals surface area contributed by atoms with Crippen LogP contribution in [-0.4, -0.2) is 66.0 Å². The van der Waals surface area contributed by atoms with Crippen LogP contribution in [0.5, 0.6) is 11.5 Å². The number of carbonyl (C=O) groups is 4. The molecule has 0 radical (unpaired) electrons. The van der Waals surface area contributed by atoms with Crippen LogP contribution in [0.1, 0.15) is 74.8 Å². The van der Waals surface area contributed by atoms with Gasteiger partial charge < -0.3 is 38.8 Å². The Labute approximate surface area is 235 Å². The number of aliphatic carboxylic acids is 1. The standard InChI is InChI=1S/C28H43NO11/c1-17(36-23(32)35-16-26(2,3)4)15-29-19(22(30)31)13-18-11-12-20(37-24(33)39-27(5,6)7)21(14-18)38-25(34)40-28(8,9)10/h11-12,14,17,19,29H,13,15-16H2,1-10H3,(H,30,31)/t17?,19-/m0/s1. The highest BCUT2D eigenvalue weighted by Gasteiger charge is 2.25. The van der Waals surface area contributed by atoms with Crippen LogP contribution in [0.3, 0.4) is 0 Å². The summed E-state index contributed by atoms with van der Waals surface area (Å²) in [5.41, 5.74) is -1.47. The molecule has 1 unspecified atom stereocenters. The Balaban J connectivity index is 3.01. The molecular formula is C28H43NO11. The fourth-order valence-electron chi connectivity index (χ4n) is 2.87. The summed E-state index contributed by atoms with van der Waals surface area (Å²) in [7, 11) is 0. The number of benzene rings is 1. The Kier molecular flexibility index (Phi) is 12.2. The Morgan fingerprint density at radius 3 is 1.82 bits per heavy atom. The van der Waals surface area contributed by atoms with Gasteiger partial charge in [0.2, 0.25) is 0 Å². The van der Waals surface area contributed by atoms with Gasteiger partial charge >= 0.3 is 24.4 Å². The maximum absolute atomic E-state index is 12.3. The number of carboxylic acids is 1. The first kappa shape index (κ1) is 34.5. The summed E-state index contributed by atoms with van der Waals surface area (Å²) >= 11 is 0. The Morgan fingerprint density at radius 2 is 1.35 bits per heavy atom. The first-order valence-electron chi connectivity index (χ1n) is 12.9. The monoisotopic (exact) mass is 569 g/mol. The minimum atomic E-state index is -1.16. The molecule has 12 nitrogen and oxygen atoms in total. The molecule has 226 valence electrons. The zero-order valence-electron chi connectivity index (χ0n) is 25.0.